The van der Waals surface area contributed by atoms with Gasteiger partial charge in [-0.25, -0.2) is 0 Å². The third-order valence-electron chi connectivity index (χ3n) is 1.33. The smallest absolute Gasteiger partial charge is 0.369 e. The van der Waals surface area contributed by atoms with E-state index < -0.39 is 0 Å². The first-order valence-corrected chi connectivity index (χ1v) is 3.69. The van der Waals surface area contributed by atoms with Crippen molar-refractivity contribution in [2.75, 3.05) is 4.05 Å². The van der Waals surface area contributed by atoms with Crippen LogP contribution in [0.1, 0.15) is 5.56 Å². The van der Waals surface area contributed by atoms with Gasteiger partial charge >= 0.3 is 16.5 Å². The number of benzene rings is 1. The van der Waals surface area contributed by atoms with E-state index in [1.807, 2.05) is 31.2 Å². The number of hydrogen-bond donors (Lipinski definition) is 1. The second-order valence-corrected chi connectivity index (χ2v) is 2.83. The van der Waals surface area contributed by atoms with E-state index in [4.69, 9.17) is 5.21 Å². The normalized spacial score (nSPS) is 9.40. The lowest BCUT2D eigenvalue weighted by molar-refractivity contribution is 0.325. The number of aryl methyl sites for hydroxylation is 1. The topological polar surface area (TPSA) is 23.5 Å². The van der Waals surface area contributed by atoms with Crippen molar-refractivity contribution < 1.29 is 5.21 Å². The molecule has 0 atom stereocenters. The number of rotatable bonds is 1. The van der Waals surface area contributed by atoms with E-state index in [1.54, 1.807) is 0 Å². The second-order valence-electron chi connectivity index (χ2n) is 2.24. The minimum Gasteiger partial charge on any atom is -0.369 e. The summed E-state index contributed by atoms with van der Waals surface area (Å²) in [6.45, 7) is 2.02. The Morgan fingerprint density at radius 1 is 1.30 bits per heavy atom. The number of hydrogen-bond acceptors (Lipinski definition) is 2. The lowest BCUT2D eigenvalue weighted by Gasteiger charge is -2.11. The van der Waals surface area contributed by atoms with Crippen molar-refractivity contribution in [3.63, 3.8) is 0 Å². The van der Waals surface area contributed by atoms with Crippen LogP contribution in [-0.4, -0.2) is 21.7 Å². The van der Waals surface area contributed by atoms with Gasteiger partial charge in [0.1, 0.15) is 0 Å². The van der Waals surface area contributed by atoms with Gasteiger partial charge in [0.15, 0.2) is 0 Å². The van der Waals surface area contributed by atoms with Gasteiger partial charge < -0.3 is 9.25 Å². The molecule has 1 aromatic rings. The first-order chi connectivity index (χ1) is 4.70. The molecule has 1 radical (unpaired) electrons. The Morgan fingerprint density at radius 2 is 1.80 bits per heavy atom. The Balaban J connectivity index is 2.89. The molecule has 0 spiro atoms. The molecule has 51 valence electrons. The van der Waals surface area contributed by atoms with Crippen molar-refractivity contribution in [2.45, 2.75) is 6.92 Å². The van der Waals surface area contributed by atoms with Crippen LogP contribution < -0.4 is 4.05 Å². The van der Waals surface area contributed by atoms with Crippen LogP contribution in [0.3, 0.4) is 0 Å². The standard InChI is InChI=1S/C7H8NO.Al.H/c1-6-2-4-7(8-9)5-3-6;;/h2-5,9H,1H3;;/q-1;+1;. The van der Waals surface area contributed by atoms with E-state index >= 15 is 0 Å². The average molecular weight is 150 g/mol. The SMILES string of the molecule is Cc1ccc([N](O)[AlH])cc1. The zero-order chi connectivity index (χ0) is 7.56. The van der Waals surface area contributed by atoms with Crippen molar-refractivity contribution >= 4 is 22.2 Å². The van der Waals surface area contributed by atoms with Crippen molar-refractivity contribution in [3.8, 4) is 0 Å². The van der Waals surface area contributed by atoms with E-state index in [0.29, 0.717) is 0 Å². The lowest BCUT2D eigenvalue weighted by atomic mass is 10.2. The van der Waals surface area contributed by atoms with Crippen molar-refractivity contribution in [2.24, 2.45) is 0 Å². The minimum absolute atomic E-state index is 0.823. The van der Waals surface area contributed by atoms with Gasteiger partial charge in [0.05, 0.1) is 0 Å². The molecule has 0 aliphatic rings. The molecule has 0 aliphatic carbocycles. The van der Waals surface area contributed by atoms with Crippen molar-refractivity contribution in [3.05, 3.63) is 29.8 Å². The zero-order valence-corrected chi connectivity index (χ0v) is 7.33. The third kappa shape index (κ3) is 1.75. The van der Waals surface area contributed by atoms with E-state index in [2.05, 4.69) is 0 Å². The summed E-state index contributed by atoms with van der Waals surface area (Å²) in [7, 11) is 0. The minimum atomic E-state index is 0.823. The molecule has 1 rings (SSSR count). The van der Waals surface area contributed by atoms with Crippen LogP contribution in [-0.2, 0) is 0 Å². The molecule has 10 heavy (non-hydrogen) atoms. The largest absolute Gasteiger partial charge is 0.389 e. The zero-order valence-electron chi connectivity index (χ0n) is 5.91. The van der Waals surface area contributed by atoms with E-state index in [1.165, 1.54) is 22.1 Å². The van der Waals surface area contributed by atoms with Crippen LogP contribution in [0.2, 0.25) is 0 Å². The molecule has 0 bridgehead atoms. The summed E-state index contributed by atoms with van der Waals surface area (Å²) in [6, 6.07) is 7.68. The third-order valence-corrected chi connectivity index (χ3v) is 1.70. The molecule has 0 fully saturated rings. The van der Waals surface area contributed by atoms with Gasteiger partial charge in [-0.15, -0.1) is 0 Å². The van der Waals surface area contributed by atoms with Gasteiger partial charge in [-0.3, -0.25) is 0 Å². The van der Waals surface area contributed by atoms with Crippen LogP contribution in [0.15, 0.2) is 24.3 Å². The highest BCUT2D eigenvalue weighted by molar-refractivity contribution is 6.15. The van der Waals surface area contributed by atoms with Crippen LogP contribution in [0.5, 0.6) is 0 Å². The average Bonchev–Trinajstić information content (AvgIpc) is 1.88. The predicted octanol–water partition coefficient (Wildman–Crippen LogP) is 1.01. The molecular weight excluding hydrogens is 141 g/mol. The summed E-state index contributed by atoms with van der Waals surface area (Å²) >= 11 is 1.41. The summed E-state index contributed by atoms with van der Waals surface area (Å²) in [5.74, 6) is 0. The maximum absolute atomic E-state index is 8.96. The highest BCUT2D eigenvalue weighted by atomic mass is 27.1. The van der Waals surface area contributed by atoms with Gasteiger partial charge in [0.2, 0.25) is 0 Å². The van der Waals surface area contributed by atoms with Gasteiger partial charge in [0, 0.05) is 5.69 Å². The fraction of sp³-hybridized carbons (Fsp3) is 0.143. The fourth-order valence-corrected chi connectivity index (χ4v) is 0.928. The molecule has 1 N–H and O–H groups in total. The molecule has 2 nitrogen and oxygen atoms in total. The predicted molar refractivity (Wildman–Crippen MR) is 42.6 cm³/mol. The van der Waals surface area contributed by atoms with E-state index in [0.717, 1.165) is 9.73 Å². The van der Waals surface area contributed by atoms with Crippen molar-refractivity contribution in [1.82, 2.24) is 0 Å². The van der Waals surface area contributed by atoms with Crippen LogP contribution in [0, 0.1) is 6.92 Å². The molecule has 1 aromatic carbocycles. The van der Waals surface area contributed by atoms with Gasteiger partial charge in [-0.2, -0.15) is 0 Å². The Kier molecular flexibility index (Phi) is 2.34. The molecule has 0 saturated heterocycles. The van der Waals surface area contributed by atoms with Gasteiger partial charge in [-0.1, -0.05) is 17.7 Å². The maximum Gasteiger partial charge on any atom is 0.389 e. The highest BCUT2D eigenvalue weighted by Gasteiger charge is 1.91. The molecule has 3 heteroatoms. The van der Waals surface area contributed by atoms with Crippen LogP contribution in [0.4, 0.5) is 5.69 Å². The summed E-state index contributed by atoms with van der Waals surface area (Å²) in [5.41, 5.74) is 2.03. The molecule has 0 aromatic heterocycles. The molecule has 0 heterocycles. The summed E-state index contributed by atoms with van der Waals surface area (Å²) in [4.78, 5) is 0. The quantitative estimate of drug-likeness (QED) is 0.477. The summed E-state index contributed by atoms with van der Waals surface area (Å²) in [5, 5.41) is 8.96. The molecule has 0 unspecified atom stereocenters. The van der Waals surface area contributed by atoms with E-state index in [-0.39, 0.29) is 0 Å². The molecule has 0 aliphatic heterocycles. The summed E-state index contributed by atoms with van der Waals surface area (Å²) < 4.78 is 1.12. The Morgan fingerprint density at radius 3 is 2.20 bits per heavy atom. The first kappa shape index (κ1) is 7.62. The summed E-state index contributed by atoms with van der Waals surface area (Å²) in [6.07, 6.45) is 0. The Labute approximate surface area is 68.7 Å². The van der Waals surface area contributed by atoms with Gasteiger partial charge in [-0.05, 0) is 19.1 Å². The van der Waals surface area contributed by atoms with Crippen LogP contribution >= 0.6 is 0 Å². The van der Waals surface area contributed by atoms with E-state index in [9.17, 15) is 0 Å². The maximum atomic E-state index is 8.96. The highest BCUT2D eigenvalue weighted by Crippen LogP contribution is 2.10. The van der Waals surface area contributed by atoms with Gasteiger partial charge in [0.25, 0.3) is 0 Å². The fourth-order valence-electron chi connectivity index (χ4n) is 0.717. The molecule has 0 saturated carbocycles. The lowest BCUT2D eigenvalue weighted by Crippen LogP contribution is -2.11. The second kappa shape index (κ2) is 3.07. The number of anilines is 1. The Bertz CT molecular complexity index is 207. The Hall–Kier alpha value is -0.488. The monoisotopic (exact) mass is 150 g/mol. The van der Waals surface area contributed by atoms with Crippen LogP contribution in [0.25, 0.3) is 0 Å². The molecular formula is C7H9AlNO. The van der Waals surface area contributed by atoms with Crippen molar-refractivity contribution in [1.29, 1.82) is 0 Å². The molecule has 0 amide bonds. The number of nitrogens with zero attached hydrogens (tertiary/aromatic N) is 1. The first-order valence-electron chi connectivity index (χ1n) is 3.06.